The number of carboxylic acids is 1. The zero-order valence-electron chi connectivity index (χ0n) is 18.5. The molecule has 2 atom stereocenters. The fraction of sp³-hybridized carbons (Fsp3) is 0.259. The SMILES string of the molecule is CC(C)c1ccc(N2C(=O)c3ccccc3[C@H](C(=O)O)[C@H]2c2ccc3c(c2)OCCO3)cc1. The number of hydrogen-bond acceptors (Lipinski definition) is 4. The fourth-order valence-electron chi connectivity index (χ4n) is 4.69. The molecule has 0 unspecified atom stereocenters. The van der Waals surface area contributed by atoms with E-state index in [-0.39, 0.29) is 5.91 Å². The topological polar surface area (TPSA) is 76.1 Å². The van der Waals surface area contributed by atoms with Crippen LogP contribution in [0.25, 0.3) is 0 Å². The Morgan fingerprint density at radius 2 is 1.67 bits per heavy atom. The van der Waals surface area contributed by atoms with Crippen LogP contribution in [0.3, 0.4) is 0 Å². The van der Waals surface area contributed by atoms with Crippen LogP contribution in [0.1, 0.15) is 58.8 Å². The van der Waals surface area contributed by atoms with Crippen LogP contribution >= 0.6 is 0 Å². The molecule has 0 saturated carbocycles. The maximum absolute atomic E-state index is 13.8. The zero-order valence-corrected chi connectivity index (χ0v) is 18.5. The molecule has 0 spiro atoms. The van der Waals surface area contributed by atoms with Crippen molar-refractivity contribution in [2.75, 3.05) is 18.1 Å². The Morgan fingerprint density at radius 3 is 2.36 bits per heavy atom. The van der Waals surface area contributed by atoms with Crippen LogP contribution in [0.2, 0.25) is 0 Å². The van der Waals surface area contributed by atoms with Crippen molar-refractivity contribution in [1.29, 1.82) is 0 Å². The molecule has 1 N–H and O–H groups in total. The fourth-order valence-corrected chi connectivity index (χ4v) is 4.69. The summed E-state index contributed by atoms with van der Waals surface area (Å²) in [7, 11) is 0. The predicted octanol–water partition coefficient (Wildman–Crippen LogP) is 5.15. The molecule has 6 nitrogen and oxygen atoms in total. The summed E-state index contributed by atoms with van der Waals surface area (Å²) in [4.78, 5) is 28.0. The van der Waals surface area contributed by atoms with E-state index in [9.17, 15) is 14.7 Å². The lowest BCUT2D eigenvalue weighted by molar-refractivity contribution is -0.139. The molecular formula is C27H25NO5. The molecule has 2 heterocycles. The lowest BCUT2D eigenvalue weighted by Gasteiger charge is -2.41. The molecule has 2 aliphatic rings. The Labute approximate surface area is 192 Å². The second-order valence-electron chi connectivity index (χ2n) is 8.67. The molecule has 0 saturated heterocycles. The molecule has 3 aromatic rings. The average Bonchev–Trinajstić information content (AvgIpc) is 2.83. The van der Waals surface area contributed by atoms with Gasteiger partial charge in [0.25, 0.3) is 5.91 Å². The summed E-state index contributed by atoms with van der Waals surface area (Å²) in [6.45, 7) is 5.10. The van der Waals surface area contributed by atoms with Crippen LogP contribution in [0, 0.1) is 0 Å². The molecule has 33 heavy (non-hydrogen) atoms. The smallest absolute Gasteiger partial charge is 0.313 e. The third-order valence-corrected chi connectivity index (χ3v) is 6.35. The number of benzene rings is 3. The first-order valence-corrected chi connectivity index (χ1v) is 11.1. The average molecular weight is 443 g/mol. The number of aliphatic carboxylic acids is 1. The minimum absolute atomic E-state index is 0.222. The first-order valence-electron chi connectivity index (χ1n) is 11.1. The van der Waals surface area contributed by atoms with Gasteiger partial charge >= 0.3 is 5.97 Å². The standard InChI is InChI=1S/C27H25NO5/c1-16(2)17-7-10-19(11-8-17)28-25(18-9-12-22-23(15-18)33-14-13-32-22)24(27(30)31)20-5-3-4-6-21(20)26(28)29/h3-12,15-16,24-25H,13-14H2,1-2H3,(H,30,31)/t24-,25+/m0/s1. The molecule has 0 bridgehead atoms. The molecule has 1 amide bonds. The van der Waals surface area contributed by atoms with Crippen LogP contribution in [-0.2, 0) is 4.79 Å². The summed E-state index contributed by atoms with van der Waals surface area (Å²) in [5.41, 5.74) is 3.42. The number of fused-ring (bicyclic) bond motifs is 2. The van der Waals surface area contributed by atoms with E-state index in [1.165, 1.54) is 0 Å². The van der Waals surface area contributed by atoms with Crippen molar-refractivity contribution in [3.63, 3.8) is 0 Å². The van der Waals surface area contributed by atoms with E-state index in [0.29, 0.717) is 53.0 Å². The van der Waals surface area contributed by atoms with Crippen LogP contribution in [-0.4, -0.2) is 30.2 Å². The number of carbonyl (C=O) groups excluding carboxylic acids is 1. The van der Waals surface area contributed by atoms with Gasteiger partial charge in [0.1, 0.15) is 19.1 Å². The minimum atomic E-state index is -0.987. The highest BCUT2D eigenvalue weighted by atomic mass is 16.6. The lowest BCUT2D eigenvalue weighted by atomic mass is 9.79. The molecule has 6 heteroatoms. The molecule has 0 radical (unpaired) electrons. The summed E-state index contributed by atoms with van der Waals surface area (Å²) in [6.07, 6.45) is 0. The Hall–Kier alpha value is -3.80. The Kier molecular flexibility index (Phi) is 5.29. The molecule has 0 aromatic heterocycles. The van der Waals surface area contributed by atoms with Crippen LogP contribution in [0.5, 0.6) is 11.5 Å². The molecule has 5 rings (SSSR count). The zero-order chi connectivity index (χ0) is 23.1. The quantitative estimate of drug-likeness (QED) is 0.603. The van der Waals surface area contributed by atoms with Crippen molar-refractivity contribution < 1.29 is 24.2 Å². The van der Waals surface area contributed by atoms with E-state index >= 15 is 0 Å². The third kappa shape index (κ3) is 3.61. The number of carbonyl (C=O) groups is 2. The van der Waals surface area contributed by atoms with Crippen molar-refractivity contribution in [1.82, 2.24) is 0 Å². The molecule has 3 aromatic carbocycles. The van der Waals surface area contributed by atoms with Gasteiger partial charge in [-0.05, 0) is 52.9 Å². The highest BCUT2D eigenvalue weighted by Gasteiger charge is 2.45. The van der Waals surface area contributed by atoms with Gasteiger partial charge in [-0.25, -0.2) is 0 Å². The second-order valence-corrected chi connectivity index (χ2v) is 8.67. The van der Waals surface area contributed by atoms with Crippen molar-refractivity contribution in [2.24, 2.45) is 0 Å². The van der Waals surface area contributed by atoms with E-state index in [0.717, 1.165) is 5.56 Å². The highest BCUT2D eigenvalue weighted by molar-refractivity contribution is 6.11. The van der Waals surface area contributed by atoms with Gasteiger partial charge < -0.3 is 14.6 Å². The first-order chi connectivity index (χ1) is 16.0. The van der Waals surface area contributed by atoms with Gasteiger partial charge in [0.15, 0.2) is 11.5 Å². The molecule has 168 valence electrons. The van der Waals surface area contributed by atoms with Crippen molar-refractivity contribution in [3.8, 4) is 11.5 Å². The van der Waals surface area contributed by atoms with Gasteiger partial charge in [0.2, 0.25) is 0 Å². The number of hydrogen-bond donors (Lipinski definition) is 1. The van der Waals surface area contributed by atoms with Gasteiger partial charge in [-0.1, -0.05) is 50.2 Å². The van der Waals surface area contributed by atoms with E-state index in [1.807, 2.05) is 30.3 Å². The number of carboxylic acid groups (broad SMARTS) is 1. The summed E-state index contributed by atoms with van der Waals surface area (Å²) in [6, 6.07) is 19.4. The summed E-state index contributed by atoms with van der Waals surface area (Å²) >= 11 is 0. The summed E-state index contributed by atoms with van der Waals surface area (Å²) < 4.78 is 11.4. The first kappa shape index (κ1) is 21.1. The molecular weight excluding hydrogens is 418 g/mol. The largest absolute Gasteiger partial charge is 0.486 e. The monoisotopic (exact) mass is 443 g/mol. The van der Waals surface area contributed by atoms with E-state index < -0.39 is 17.9 Å². The van der Waals surface area contributed by atoms with Gasteiger partial charge in [-0.2, -0.15) is 0 Å². The maximum Gasteiger partial charge on any atom is 0.313 e. The van der Waals surface area contributed by atoms with Crippen molar-refractivity contribution in [2.45, 2.75) is 31.7 Å². The van der Waals surface area contributed by atoms with Crippen molar-refractivity contribution >= 4 is 17.6 Å². The Bertz CT molecular complexity index is 1220. The summed E-state index contributed by atoms with van der Waals surface area (Å²) in [5.74, 6) is -0.626. The number of anilines is 1. The lowest BCUT2D eigenvalue weighted by Crippen LogP contribution is -2.45. The Morgan fingerprint density at radius 1 is 0.970 bits per heavy atom. The minimum Gasteiger partial charge on any atom is -0.486 e. The van der Waals surface area contributed by atoms with Gasteiger partial charge in [0, 0.05) is 11.3 Å². The number of rotatable bonds is 4. The van der Waals surface area contributed by atoms with E-state index in [2.05, 4.69) is 13.8 Å². The predicted molar refractivity (Wildman–Crippen MR) is 124 cm³/mol. The second kappa shape index (κ2) is 8.28. The molecule has 0 aliphatic carbocycles. The molecule has 2 aliphatic heterocycles. The van der Waals surface area contributed by atoms with Gasteiger partial charge in [-0.15, -0.1) is 0 Å². The summed E-state index contributed by atoms with van der Waals surface area (Å²) in [5, 5.41) is 10.3. The normalized spacial score (nSPS) is 19.4. The number of ether oxygens (including phenoxy) is 2. The van der Waals surface area contributed by atoms with Crippen LogP contribution in [0.15, 0.2) is 66.7 Å². The van der Waals surface area contributed by atoms with Crippen molar-refractivity contribution in [3.05, 3.63) is 89.0 Å². The number of nitrogens with zero attached hydrogens (tertiary/aromatic N) is 1. The number of amides is 1. The molecule has 0 fully saturated rings. The third-order valence-electron chi connectivity index (χ3n) is 6.35. The van der Waals surface area contributed by atoms with Crippen LogP contribution in [0.4, 0.5) is 5.69 Å². The van der Waals surface area contributed by atoms with Gasteiger partial charge in [0.05, 0.1) is 6.04 Å². The maximum atomic E-state index is 13.8. The van der Waals surface area contributed by atoms with Gasteiger partial charge in [-0.3, -0.25) is 14.5 Å². The van der Waals surface area contributed by atoms with E-state index in [4.69, 9.17) is 9.47 Å². The highest BCUT2D eigenvalue weighted by Crippen LogP contribution is 2.47. The Balaban J connectivity index is 1.70. The van der Waals surface area contributed by atoms with E-state index in [1.54, 1.807) is 41.3 Å². The van der Waals surface area contributed by atoms with Crippen LogP contribution < -0.4 is 14.4 Å².